The molecule has 0 radical (unpaired) electrons. The summed E-state index contributed by atoms with van der Waals surface area (Å²) >= 11 is 1.60. The summed E-state index contributed by atoms with van der Waals surface area (Å²) in [4.78, 5) is 16.5. The third-order valence-corrected chi connectivity index (χ3v) is 2.91. The maximum atomic E-state index is 11.2. The standard InChI is InChI=1S/C9H15N3OS/c1-5(10)9(13)11-4-8-6(2)12-7(3)14-8/h5H,4,10H2,1-3H3,(H,11,13)/t5-/m0/s1. The van der Waals surface area contributed by atoms with Crippen molar-refractivity contribution in [3.63, 3.8) is 0 Å². The van der Waals surface area contributed by atoms with Gasteiger partial charge in [-0.25, -0.2) is 4.98 Å². The molecule has 4 nitrogen and oxygen atoms in total. The monoisotopic (exact) mass is 213 g/mol. The van der Waals surface area contributed by atoms with Gasteiger partial charge in [0, 0.05) is 4.88 Å². The normalized spacial score (nSPS) is 12.6. The van der Waals surface area contributed by atoms with Crippen molar-refractivity contribution in [1.82, 2.24) is 10.3 Å². The van der Waals surface area contributed by atoms with Gasteiger partial charge in [0.15, 0.2) is 0 Å². The molecule has 1 amide bonds. The molecule has 5 heteroatoms. The van der Waals surface area contributed by atoms with E-state index in [-0.39, 0.29) is 5.91 Å². The van der Waals surface area contributed by atoms with Gasteiger partial charge in [-0.05, 0) is 20.8 Å². The van der Waals surface area contributed by atoms with Gasteiger partial charge in [0.1, 0.15) is 0 Å². The van der Waals surface area contributed by atoms with Crippen molar-refractivity contribution >= 4 is 17.2 Å². The van der Waals surface area contributed by atoms with Crippen LogP contribution in [0, 0.1) is 13.8 Å². The van der Waals surface area contributed by atoms with Gasteiger partial charge in [-0.15, -0.1) is 11.3 Å². The summed E-state index contributed by atoms with van der Waals surface area (Å²) < 4.78 is 0. The van der Waals surface area contributed by atoms with Crippen LogP contribution in [0.25, 0.3) is 0 Å². The highest BCUT2D eigenvalue weighted by Crippen LogP contribution is 2.16. The lowest BCUT2D eigenvalue weighted by molar-refractivity contribution is -0.122. The molecule has 0 fully saturated rings. The fourth-order valence-corrected chi connectivity index (χ4v) is 1.94. The summed E-state index contributed by atoms with van der Waals surface area (Å²) in [6, 6.07) is -0.454. The molecular weight excluding hydrogens is 198 g/mol. The van der Waals surface area contributed by atoms with E-state index < -0.39 is 6.04 Å². The van der Waals surface area contributed by atoms with Gasteiger partial charge >= 0.3 is 0 Å². The topological polar surface area (TPSA) is 68.0 Å². The summed E-state index contributed by atoms with van der Waals surface area (Å²) in [6.45, 7) is 6.09. The summed E-state index contributed by atoms with van der Waals surface area (Å²) in [5.41, 5.74) is 6.40. The lowest BCUT2D eigenvalue weighted by Crippen LogP contribution is -2.37. The SMILES string of the molecule is Cc1nc(C)c(CNC(=O)[C@H](C)N)s1. The minimum atomic E-state index is -0.454. The highest BCUT2D eigenvalue weighted by atomic mass is 32.1. The van der Waals surface area contributed by atoms with Crippen molar-refractivity contribution in [2.24, 2.45) is 5.73 Å². The number of hydrogen-bond acceptors (Lipinski definition) is 4. The van der Waals surface area contributed by atoms with Crippen LogP contribution in [-0.2, 0) is 11.3 Å². The van der Waals surface area contributed by atoms with Crippen LogP contribution in [0.3, 0.4) is 0 Å². The van der Waals surface area contributed by atoms with Crippen LogP contribution >= 0.6 is 11.3 Å². The Balaban J connectivity index is 2.54. The van der Waals surface area contributed by atoms with E-state index >= 15 is 0 Å². The number of nitrogens with zero attached hydrogens (tertiary/aromatic N) is 1. The molecule has 0 saturated heterocycles. The highest BCUT2D eigenvalue weighted by molar-refractivity contribution is 7.11. The van der Waals surface area contributed by atoms with E-state index in [9.17, 15) is 4.79 Å². The van der Waals surface area contributed by atoms with Crippen LogP contribution in [0.2, 0.25) is 0 Å². The lowest BCUT2D eigenvalue weighted by atomic mass is 10.3. The first-order chi connectivity index (χ1) is 6.50. The number of carbonyl (C=O) groups excluding carboxylic acids is 1. The van der Waals surface area contributed by atoms with Crippen molar-refractivity contribution in [2.45, 2.75) is 33.4 Å². The largest absolute Gasteiger partial charge is 0.350 e. The molecule has 0 aliphatic carbocycles. The fourth-order valence-electron chi connectivity index (χ4n) is 1.07. The molecular formula is C9H15N3OS. The second-order valence-corrected chi connectivity index (χ2v) is 4.54. The number of thiazole rings is 1. The van der Waals surface area contributed by atoms with Crippen molar-refractivity contribution in [3.8, 4) is 0 Å². The number of nitrogens with one attached hydrogen (secondary N) is 1. The number of nitrogens with two attached hydrogens (primary N) is 1. The van der Waals surface area contributed by atoms with Crippen LogP contribution in [0.15, 0.2) is 0 Å². The van der Waals surface area contributed by atoms with Gasteiger partial charge in [0.25, 0.3) is 0 Å². The average Bonchev–Trinajstić information content (AvgIpc) is 2.40. The minimum Gasteiger partial charge on any atom is -0.350 e. The molecule has 1 aromatic rings. The second-order valence-electron chi connectivity index (χ2n) is 3.25. The third-order valence-electron chi connectivity index (χ3n) is 1.84. The molecule has 0 aliphatic rings. The molecule has 0 aliphatic heterocycles. The maximum Gasteiger partial charge on any atom is 0.236 e. The molecule has 1 aromatic heterocycles. The van der Waals surface area contributed by atoms with Crippen molar-refractivity contribution < 1.29 is 4.79 Å². The maximum absolute atomic E-state index is 11.2. The van der Waals surface area contributed by atoms with Crippen LogP contribution in [0.1, 0.15) is 22.5 Å². The molecule has 1 rings (SSSR count). The minimum absolute atomic E-state index is 0.129. The van der Waals surface area contributed by atoms with E-state index in [2.05, 4.69) is 10.3 Å². The zero-order valence-electron chi connectivity index (χ0n) is 8.63. The van der Waals surface area contributed by atoms with Gasteiger partial charge in [-0.1, -0.05) is 0 Å². The Kier molecular flexibility index (Phi) is 3.60. The Labute approximate surface area is 87.5 Å². The molecule has 78 valence electrons. The summed E-state index contributed by atoms with van der Waals surface area (Å²) in [5.74, 6) is -0.129. The van der Waals surface area contributed by atoms with Crippen LogP contribution in [0.5, 0.6) is 0 Å². The molecule has 0 unspecified atom stereocenters. The molecule has 1 atom stereocenters. The van der Waals surface area contributed by atoms with Gasteiger partial charge in [0.05, 0.1) is 23.3 Å². The smallest absolute Gasteiger partial charge is 0.236 e. The number of carbonyl (C=O) groups is 1. The van der Waals surface area contributed by atoms with Crippen molar-refractivity contribution in [2.75, 3.05) is 0 Å². The second kappa shape index (κ2) is 4.52. The summed E-state index contributed by atoms with van der Waals surface area (Å²) in [5, 5.41) is 3.78. The van der Waals surface area contributed by atoms with Gasteiger partial charge in [0.2, 0.25) is 5.91 Å². The van der Waals surface area contributed by atoms with Crippen molar-refractivity contribution in [1.29, 1.82) is 0 Å². The number of hydrogen-bond donors (Lipinski definition) is 2. The Hall–Kier alpha value is -0.940. The molecule has 3 N–H and O–H groups in total. The highest BCUT2D eigenvalue weighted by Gasteiger charge is 2.09. The van der Waals surface area contributed by atoms with E-state index in [0.717, 1.165) is 15.6 Å². The van der Waals surface area contributed by atoms with E-state index in [1.807, 2.05) is 13.8 Å². The molecule has 0 aromatic carbocycles. The van der Waals surface area contributed by atoms with E-state index in [1.165, 1.54) is 0 Å². The first-order valence-electron chi connectivity index (χ1n) is 4.47. The summed E-state index contributed by atoms with van der Waals surface area (Å²) in [7, 11) is 0. The van der Waals surface area contributed by atoms with E-state index in [1.54, 1.807) is 18.3 Å². The zero-order valence-corrected chi connectivity index (χ0v) is 9.44. The Morgan fingerprint density at radius 1 is 1.64 bits per heavy atom. The van der Waals surface area contributed by atoms with E-state index in [4.69, 9.17) is 5.73 Å². The predicted octanol–water partition coefficient (Wildman–Crippen LogP) is 0.723. The third kappa shape index (κ3) is 2.78. The first-order valence-corrected chi connectivity index (χ1v) is 5.28. The van der Waals surface area contributed by atoms with Crippen LogP contribution in [-0.4, -0.2) is 16.9 Å². The van der Waals surface area contributed by atoms with E-state index in [0.29, 0.717) is 6.54 Å². The average molecular weight is 213 g/mol. The van der Waals surface area contributed by atoms with Gasteiger partial charge in [-0.2, -0.15) is 0 Å². The van der Waals surface area contributed by atoms with Gasteiger partial charge < -0.3 is 11.1 Å². The van der Waals surface area contributed by atoms with Crippen LogP contribution < -0.4 is 11.1 Å². The Morgan fingerprint density at radius 3 is 2.71 bits per heavy atom. The molecule has 1 heterocycles. The molecule has 0 spiro atoms. The lowest BCUT2D eigenvalue weighted by Gasteiger charge is -2.06. The fraction of sp³-hybridized carbons (Fsp3) is 0.556. The summed E-state index contributed by atoms with van der Waals surface area (Å²) in [6.07, 6.45) is 0. The van der Waals surface area contributed by atoms with Crippen molar-refractivity contribution in [3.05, 3.63) is 15.6 Å². The zero-order chi connectivity index (χ0) is 10.7. The van der Waals surface area contributed by atoms with Crippen LogP contribution in [0.4, 0.5) is 0 Å². The number of rotatable bonds is 3. The molecule has 0 bridgehead atoms. The number of aromatic nitrogens is 1. The molecule has 14 heavy (non-hydrogen) atoms. The first kappa shape index (κ1) is 11.1. The quantitative estimate of drug-likeness (QED) is 0.777. The Bertz CT molecular complexity index is 333. The molecule has 0 saturated carbocycles. The number of aryl methyl sites for hydroxylation is 2. The number of amides is 1. The predicted molar refractivity (Wildman–Crippen MR) is 57.1 cm³/mol. The Morgan fingerprint density at radius 2 is 2.29 bits per heavy atom. The van der Waals surface area contributed by atoms with Gasteiger partial charge in [-0.3, -0.25) is 4.79 Å².